The van der Waals surface area contributed by atoms with E-state index < -0.39 is 23.7 Å². The van der Waals surface area contributed by atoms with Crippen molar-refractivity contribution in [3.05, 3.63) is 75.3 Å². The number of benzene rings is 2. The normalized spacial score (nSPS) is 16.8. The molecule has 10 heteroatoms. The van der Waals surface area contributed by atoms with E-state index in [1.165, 1.54) is 26.2 Å². The van der Waals surface area contributed by atoms with Crippen LogP contribution in [0.1, 0.15) is 38.1 Å². The summed E-state index contributed by atoms with van der Waals surface area (Å²) < 4.78 is 15.3. The molecule has 4 rings (SSSR count). The van der Waals surface area contributed by atoms with E-state index in [2.05, 4.69) is 4.98 Å². The summed E-state index contributed by atoms with van der Waals surface area (Å²) in [6.45, 7) is 3.42. The number of Topliss-reactive ketones (excluding diaryl/α,β-unsaturated/α-hetero) is 1. The van der Waals surface area contributed by atoms with E-state index in [9.17, 15) is 19.5 Å². The van der Waals surface area contributed by atoms with Gasteiger partial charge < -0.3 is 19.3 Å². The summed E-state index contributed by atoms with van der Waals surface area (Å²) in [5.74, 6) is -1.46. The van der Waals surface area contributed by atoms with E-state index in [-0.39, 0.29) is 21.3 Å². The number of amides is 1. The van der Waals surface area contributed by atoms with Crippen LogP contribution in [0.4, 0.5) is 5.13 Å². The Kier molecular flexibility index (Phi) is 6.80. The molecule has 2 heterocycles. The van der Waals surface area contributed by atoms with Crippen molar-refractivity contribution in [3.8, 4) is 11.5 Å². The minimum atomic E-state index is -0.991. The van der Waals surface area contributed by atoms with Crippen molar-refractivity contribution >= 4 is 39.9 Å². The first-order valence-corrected chi connectivity index (χ1v) is 11.7. The predicted molar refractivity (Wildman–Crippen MR) is 134 cm³/mol. The second-order valence-corrected chi connectivity index (χ2v) is 9.01. The van der Waals surface area contributed by atoms with Gasteiger partial charge in [-0.3, -0.25) is 14.5 Å². The summed E-state index contributed by atoms with van der Waals surface area (Å²) in [4.78, 5) is 44.6. The Hall–Kier alpha value is -4.18. The molecule has 9 nitrogen and oxygen atoms in total. The van der Waals surface area contributed by atoms with Crippen LogP contribution in [0.2, 0.25) is 0 Å². The lowest BCUT2D eigenvalue weighted by Crippen LogP contribution is -2.29. The van der Waals surface area contributed by atoms with Gasteiger partial charge in [-0.25, -0.2) is 9.78 Å². The second kappa shape index (κ2) is 9.82. The third-order valence-electron chi connectivity index (χ3n) is 5.91. The first kappa shape index (κ1) is 24.9. The molecule has 2 aromatic carbocycles. The number of aliphatic hydroxyl groups excluding tert-OH is 1. The van der Waals surface area contributed by atoms with Crippen molar-refractivity contribution in [2.45, 2.75) is 19.9 Å². The molecule has 1 N–H and O–H groups in total. The molecule has 1 atom stereocenters. The van der Waals surface area contributed by atoms with Gasteiger partial charge in [0.25, 0.3) is 5.78 Å². The first-order valence-electron chi connectivity index (χ1n) is 10.9. The van der Waals surface area contributed by atoms with Gasteiger partial charge in [0, 0.05) is 5.56 Å². The zero-order valence-corrected chi connectivity index (χ0v) is 21.1. The van der Waals surface area contributed by atoms with Gasteiger partial charge in [-0.2, -0.15) is 0 Å². The number of carbonyl (C=O) groups excluding carboxylic acids is 3. The third-order valence-corrected chi connectivity index (χ3v) is 7.04. The lowest BCUT2D eigenvalue weighted by atomic mass is 9.95. The maximum absolute atomic E-state index is 13.3. The van der Waals surface area contributed by atoms with Crippen LogP contribution in [0.25, 0.3) is 5.76 Å². The van der Waals surface area contributed by atoms with Crippen molar-refractivity contribution in [2.24, 2.45) is 0 Å². The Morgan fingerprint density at radius 2 is 1.72 bits per heavy atom. The molecule has 186 valence electrons. The lowest BCUT2D eigenvalue weighted by molar-refractivity contribution is -0.132. The van der Waals surface area contributed by atoms with Gasteiger partial charge in [0.2, 0.25) is 0 Å². The van der Waals surface area contributed by atoms with Crippen LogP contribution in [0.3, 0.4) is 0 Å². The Morgan fingerprint density at radius 3 is 2.31 bits per heavy atom. The molecular weight excluding hydrogens is 484 g/mol. The average Bonchev–Trinajstić information content (AvgIpc) is 3.39. The van der Waals surface area contributed by atoms with Crippen LogP contribution in [-0.4, -0.2) is 49.1 Å². The van der Waals surface area contributed by atoms with Gasteiger partial charge in [-0.1, -0.05) is 23.5 Å². The molecule has 1 aromatic heterocycles. The molecule has 0 aliphatic carbocycles. The first-order chi connectivity index (χ1) is 17.2. The van der Waals surface area contributed by atoms with Crippen LogP contribution in [0.15, 0.2) is 48.0 Å². The quantitative estimate of drug-likeness (QED) is 0.228. The zero-order valence-electron chi connectivity index (χ0n) is 20.3. The molecule has 1 fully saturated rings. The van der Waals surface area contributed by atoms with Gasteiger partial charge >= 0.3 is 11.9 Å². The number of hydrogen-bond acceptors (Lipinski definition) is 9. The van der Waals surface area contributed by atoms with Crippen molar-refractivity contribution in [1.82, 2.24) is 4.98 Å². The number of nitrogens with zero attached hydrogens (tertiary/aromatic N) is 2. The minimum absolute atomic E-state index is 0.0952. The highest BCUT2D eigenvalue weighted by Crippen LogP contribution is 2.44. The smallest absolute Gasteiger partial charge is 0.350 e. The van der Waals surface area contributed by atoms with Gasteiger partial charge in [-0.15, -0.1) is 0 Å². The topological polar surface area (TPSA) is 115 Å². The fourth-order valence-corrected chi connectivity index (χ4v) is 5.09. The van der Waals surface area contributed by atoms with Crippen LogP contribution in [0, 0.1) is 13.8 Å². The second-order valence-electron chi connectivity index (χ2n) is 8.03. The third kappa shape index (κ3) is 4.20. The number of thiazole rings is 1. The fourth-order valence-electron chi connectivity index (χ4n) is 4.08. The number of esters is 1. The number of aryl methyl sites for hydroxylation is 2. The molecule has 0 radical (unpaired) electrons. The Morgan fingerprint density at radius 1 is 1.03 bits per heavy atom. The van der Waals surface area contributed by atoms with Crippen LogP contribution >= 0.6 is 11.3 Å². The lowest BCUT2D eigenvalue weighted by Gasteiger charge is -2.23. The molecule has 1 aliphatic rings. The molecule has 3 aromatic rings. The number of rotatable bonds is 6. The van der Waals surface area contributed by atoms with Crippen LogP contribution in [0.5, 0.6) is 11.5 Å². The molecule has 1 amide bonds. The van der Waals surface area contributed by atoms with E-state index in [4.69, 9.17) is 14.2 Å². The number of ether oxygens (including phenoxy) is 3. The van der Waals surface area contributed by atoms with Crippen molar-refractivity contribution < 1.29 is 33.7 Å². The van der Waals surface area contributed by atoms with E-state index in [1.54, 1.807) is 49.4 Å². The standard InChI is InChI=1S/C26H24N2O7S/c1-13-12-16(8-11-18(13)34-4)21(29)19-20(15-6-9-17(33-3)10-7-15)28(24(31)22(19)30)26-27-14(2)23(36-26)25(32)35-5/h6-12,20,29H,1-5H3/b21-19+. The highest BCUT2D eigenvalue weighted by Gasteiger charge is 2.48. The summed E-state index contributed by atoms with van der Waals surface area (Å²) in [5.41, 5.74) is 1.92. The van der Waals surface area contributed by atoms with E-state index >= 15 is 0 Å². The van der Waals surface area contributed by atoms with Crippen LogP contribution < -0.4 is 14.4 Å². The van der Waals surface area contributed by atoms with Crippen molar-refractivity contribution in [2.75, 3.05) is 26.2 Å². The van der Waals surface area contributed by atoms with Gasteiger partial charge in [0.1, 0.15) is 22.1 Å². The number of methoxy groups -OCH3 is 3. The Balaban J connectivity index is 1.93. The summed E-state index contributed by atoms with van der Waals surface area (Å²) in [6.07, 6.45) is 0. The monoisotopic (exact) mass is 508 g/mol. The Bertz CT molecular complexity index is 1390. The minimum Gasteiger partial charge on any atom is -0.507 e. The number of aromatic nitrogens is 1. The highest BCUT2D eigenvalue weighted by molar-refractivity contribution is 7.17. The Labute approximate surface area is 211 Å². The molecule has 1 unspecified atom stereocenters. The number of hydrogen-bond donors (Lipinski definition) is 1. The van der Waals surface area contributed by atoms with E-state index in [1.807, 2.05) is 6.92 Å². The molecule has 0 bridgehead atoms. The van der Waals surface area contributed by atoms with E-state index in [0.29, 0.717) is 28.3 Å². The molecule has 0 saturated carbocycles. The van der Waals surface area contributed by atoms with Crippen LogP contribution in [-0.2, 0) is 14.3 Å². The summed E-state index contributed by atoms with van der Waals surface area (Å²) in [5, 5.41) is 11.4. The number of aliphatic hydroxyl groups is 1. The summed E-state index contributed by atoms with van der Waals surface area (Å²) in [7, 11) is 4.32. The molecule has 36 heavy (non-hydrogen) atoms. The fraction of sp³-hybridized carbons (Fsp3) is 0.231. The van der Waals surface area contributed by atoms with Crippen molar-refractivity contribution in [3.63, 3.8) is 0 Å². The van der Waals surface area contributed by atoms with Gasteiger partial charge in [0.15, 0.2) is 5.13 Å². The predicted octanol–water partition coefficient (Wildman–Crippen LogP) is 4.19. The maximum atomic E-state index is 13.3. The van der Waals surface area contributed by atoms with Crippen molar-refractivity contribution in [1.29, 1.82) is 0 Å². The van der Waals surface area contributed by atoms with Gasteiger partial charge in [-0.05, 0) is 55.3 Å². The summed E-state index contributed by atoms with van der Waals surface area (Å²) >= 11 is 0.940. The molecule has 1 aliphatic heterocycles. The average molecular weight is 509 g/mol. The van der Waals surface area contributed by atoms with E-state index in [0.717, 1.165) is 16.9 Å². The molecular formula is C26H24N2O7S. The number of anilines is 1. The SMILES string of the molecule is COC(=O)c1sc(N2C(=O)C(=O)/C(=C(/O)c3ccc(OC)c(C)c3)C2c2ccc(OC)cc2)nc1C. The summed E-state index contributed by atoms with van der Waals surface area (Å²) in [6, 6.07) is 10.8. The number of ketones is 1. The highest BCUT2D eigenvalue weighted by atomic mass is 32.1. The zero-order chi connectivity index (χ0) is 26.1. The number of carbonyl (C=O) groups is 3. The maximum Gasteiger partial charge on any atom is 0.350 e. The molecule has 1 saturated heterocycles. The van der Waals surface area contributed by atoms with Gasteiger partial charge in [0.05, 0.1) is 38.6 Å². The largest absolute Gasteiger partial charge is 0.507 e. The molecule has 0 spiro atoms.